The zero-order valence-corrected chi connectivity index (χ0v) is 13.4. The highest BCUT2D eigenvalue weighted by molar-refractivity contribution is 6.01. The molecular formula is C18H19NO4. The molecule has 23 heavy (non-hydrogen) atoms. The number of methoxy groups -OCH3 is 2. The third kappa shape index (κ3) is 3.69. The average Bonchev–Trinajstić information content (AvgIpc) is 2.61. The lowest BCUT2D eigenvalue weighted by Gasteiger charge is -2.20. The molecule has 0 atom stereocenters. The van der Waals surface area contributed by atoms with Crippen LogP contribution in [-0.2, 0) is 6.54 Å². The number of hydrogen-bond acceptors (Lipinski definition) is 4. The van der Waals surface area contributed by atoms with Gasteiger partial charge in [-0.2, -0.15) is 0 Å². The Hall–Kier alpha value is -2.82. The Balaban J connectivity index is 2.23. The SMILES string of the molecule is COc1ccc(CN(C)C(=O)c2ccccc2C=O)c(OC)c1. The summed E-state index contributed by atoms with van der Waals surface area (Å²) in [4.78, 5) is 25.2. The summed E-state index contributed by atoms with van der Waals surface area (Å²) in [6.45, 7) is 0.360. The Morgan fingerprint density at radius 2 is 1.87 bits per heavy atom. The number of hydrogen-bond donors (Lipinski definition) is 0. The molecule has 2 rings (SSSR count). The van der Waals surface area contributed by atoms with Gasteiger partial charge in [-0.05, 0) is 18.2 Å². The van der Waals surface area contributed by atoms with E-state index in [1.54, 1.807) is 56.5 Å². The molecule has 0 spiro atoms. The molecule has 0 unspecified atom stereocenters. The van der Waals surface area contributed by atoms with E-state index in [0.29, 0.717) is 35.5 Å². The number of nitrogens with zero attached hydrogens (tertiary/aromatic N) is 1. The Bertz CT molecular complexity index is 712. The Morgan fingerprint density at radius 3 is 2.52 bits per heavy atom. The molecule has 0 radical (unpaired) electrons. The lowest BCUT2D eigenvalue weighted by atomic mass is 10.1. The molecular weight excluding hydrogens is 294 g/mol. The molecule has 2 aromatic rings. The molecule has 0 aliphatic rings. The number of benzene rings is 2. The summed E-state index contributed by atoms with van der Waals surface area (Å²) in [7, 11) is 4.84. The molecule has 0 aliphatic heterocycles. The van der Waals surface area contributed by atoms with Gasteiger partial charge in [0.1, 0.15) is 11.5 Å². The van der Waals surface area contributed by atoms with Gasteiger partial charge in [-0.25, -0.2) is 0 Å². The van der Waals surface area contributed by atoms with Gasteiger partial charge in [-0.3, -0.25) is 9.59 Å². The van der Waals surface area contributed by atoms with Crippen molar-refractivity contribution in [2.24, 2.45) is 0 Å². The van der Waals surface area contributed by atoms with E-state index in [1.807, 2.05) is 12.1 Å². The minimum absolute atomic E-state index is 0.217. The zero-order valence-electron chi connectivity index (χ0n) is 13.4. The molecule has 120 valence electrons. The fraction of sp³-hybridized carbons (Fsp3) is 0.222. The van der Waals surface area contributed by atoms with Crippen LogP contribution in [0.3, 0.4) is 0 Å². The maximum Gasteiger partial charge on any atom is 0.254 e. The zero-order chi connectivity index (χ0) is 16.8. The second-order valence-electron chi connectivity index (χ2n) is 5.04. The van der Waals surface area contributed by atoms with Gasteiger partial charge in [0.05, 0.1) is 19.8 Å². The van der Waals surface area contributed by atoms with Gasteiger partial charge in [0.15, 0.2) is 6.29 Å². The molecule has 0 aliphatic carbocycles. The van der Waals surface area contributed by atoms with Crippen molar-refractivity contribution >= 4 is 12.2 Å². The van der Waals surface area contributed by atoms with Crippen LogP contribution < -0.4 is 9.47 Å². The van der Waals surface area contributed by atoms with Gasteiger partial charge >= 0.3 is 0 Å². The molecule has 5 nitrogen and oxygen atoms in total. The van der Waals surface area contributed by atoms with Crippen molar-refractivity contribution in [1.82, 2.24) is 4.90 Å². The van der Waals surface area contributed by atoms with Crippen molar-refractivity contribution in [1.29, 1.82) is 0 Å². The fourth-order valence-corrected chi connectivity index (χ4v) is 2.31. The monoisotopic (exact) mass is 313 g/mol. The van der Waals surface area contributed by atoms with Crippen molar-refractivity contribution in [3.8, 4) is 11.5 Å². The number of carbonyl (C=O) groups excluding carboxylic acids is 2. The highest BCUT2D eigenvalue weighted by Gasteiger charge is 2.17. The Kier molecular flexibility index (Phi) is 5.36. The van der Waals surface area contributed by atoms with Crippen LogP contribution in [0.1, 0.15) is 26.3 Å². The van der Waals surface area contributed by atoms with E-state index in [2.05, 4.69) is 0 Å². The summed E-state index contributed by atoms with van der Waals surface area (Å²) in [5.41, 5.74) is 1.62. The number of ether oxygens (including phenoxy) is 2. The first-order chi connectivity index (χ1) is 11.1. The lowest BCUT2D eigenvalue weighted by Crippen LogP contribution is -2.27. The summed E-state index contributed by atoms with van der Waals surface area (Å²) >= 11 is 0. The molecule has 2 aromatic carbocycles. The number of aldehydes is 1. The summed E-state index contributed by atoms with van der Waals surface area (Å²) < 4.78 is 10.5. The Morgan fingerprint density at radius 1 is 1.13 bits per heavy atom. The topological polar surface area (TPSA) is 55.8 Å². The van der Waals surface area contributed by atoms with Gasteiger partial charge in [-0.15, -0.1) is 0 Å². The maximum atomic E-state index is 12.6. The van der Waals surface area contributed by atoms with Crippen molar-refractivity contribution < 1.29 is 19.1 Å². The molecule has 5 heteroatoms. The van der Waals surface area contributed by atoms with E-state index in [1.165, 1.54) is 0 Å². The summed E-state index contributed by atoms with van der Waals surface area (Å²) in [5.74, 6) is 1.11. The molecule has 0 heterocycles. The smallest absolute Gasteiger partial charge is 0.254 e. The van der Waals surface area contributed by atoms with E-state index >= 15 is 0 Å². The molecule has 0 saturated carbocycles. The molecule has 0 aromatic heterocycles. The quantitative estimate of drug-likeness (QED) is 0.770. The highest BCUT2D eigenvalue weighted by Crippen LogP contribution is 2.26. The van der Waals surface area contributed by atoms with Gasteiger partial charge in [-0.1, -0.05) is 18.2 Å². The fourth-order valence-electron chi connectivity index (χ4n) is 2.31. The van der Waals surface area contributed by atoms with Crippen LogP contribution in [0.15, 0.2) is 42.5 Å². The molecule has 0 bridgehead atoms. The van der Waals surface area contributed by atoms with Gasteiger partial charge in [0.25, 0.3) is 5.91 Å². The predicted molar refractivity (Wildman–Crippen MR) is 87.2 cm³/mol. The first-order valence-corrected chi connectivity index (χ1v) is 7.11. The summed E-state index contributed by atoms with van der Waals surface area (Å²) in [5, 5.41) is 0. The van der Waals surface area contributed by atoms with E-state index in [0.717, 1.165) is 5.56 Å². The van der Waals surface area contributed by atoms with Gasteiger partial charge in [0.2, 0.25) is 0 Å². The van der Waals surface area contributed by atoms with Crippen molar-refractivity contribution in [2.75, 3.05) is 21.3 Å². The second-order valence-corrected chi connectivity index (χ2v) is 5.04. The predicted octanol–water partition coefficient (Wildman–Crippen LogP) is 2.79. The van der Waals surface area contributed by atoms with Crippen LogP contribution in [0.25, 0.3) is 0 Å². The van der Waals surface area contributed by atoms with E-state index in [9.17, 15) is 9.59 Å². The number of amides is 1. The first-order valence-electron chi connectivity index (χ1n) is 7.11. The van der Waals surface area contributed by atoms with Crippen LogP contribution in [0.5, 0.6) is 11.5 Å². The molecule has 0 fully saturated rings. The summed E-state index contributed by atoms with van der Waals surface area (Å²) in [6, 6.07) is 12.2. The van der Waals surface area contributed by atoms with Crippen LogP contribution >= 0.6 is 0 Å². The number of carbonyl (C=O) groups is 2. The van der Waals surface area contributed by atoms with Crippen molar-refractivity contribution in [3.05, 3.63) is 59.2 Å². The molecule has 0 saturated heterocycles. The first kappa shape index (κ1) is 16.5. The minimum atomic E-state index is -0.217. The maximum absolute atomic E-state index is 12.6. The van der Waals surface area contributed by atoms with Crippen LogP contribution in [0, 0.1) is 0 Å². The third-order valence-electron chi connectivity index (χ3n) is 3.57. The van der Waals surface area contributed by atoms with Crippen LogP contribution in [0.4, 0.5) is 0 Å². The molecule has 1 amide bonds. The van der Waals surface area contributed by atoms with E-state index in [-0.39, 0.29) is 5.91 Å². The number of rotatable bonds is 6. The normalized spacial score (nSPS) is 10.0. The summed E-state index contributed by atoms with van der Waals surface area (Å²) in [6.07, 6.45) is 0.690. The Labute approximate surface area is 135 Å². The second kappa shape index (κ2) is 7.45. The highest BCUT2D eigenvalue weighted by atomic mass is 16.5. The van der Waals surface area contributed by atoms with E-state index in [4.69, 9.17) is 9.47 Å². The largest absolute Gasteiger partial charge is 0.497 e. The van der Waals surface area contributed by atoms with Crippen LogP contribution in [0.2, 0.25) is 0 Å². The lowest BCUT2D eigenvalue weighted by molar-refractivity contribution is 0.0781. The average molecular weight is 313 g/mol. The third-order valence-corrected chi connectivity index (χ3v) is 3.57. The van der Waals surface area contributed by atoms with Crippen molar-refractivity contribution in [2.45, 2.75) is 6.54 Å². The van der Waals surface area contributed by atoms with Crippen LogP contribution in [-0.4, -0.2) is 38.4 Å². The molecule has 0 N–H and O–H groups in total. The minimum Gasteiger partial charge on any atom is -0.497 e. The van der Waals surface area contributed by atoms with Gasteiger partial charge < -0.3 is 14.4 Å². The van der Waals surface area contributed by atoms with Crippen molar-refractivity contribution in [3.63, 3.8) is 0 Å². The van der Waals surface area contributed by atoms with E-state index < -0.39 is 0 Å². The standard InChI is InChI=1S/C18H19NO4/c1-19(18(21)16-7-5-4-6-14(16)12-20)11-13-8-9-15(22-2)10-17(13)23-3/h4-10,12H,11H2,1-3H3. The van der Waals surface area contributed by atoms with Gasteiger partial charge in [0, 0.05) is 30.8 Å².